The van der Waals surface area contributed by atoms with Crippen molar-refractivity contribution >= 4 is 0 Å². The summed E-state index contributed by atoms with van der Waals surface area (Å²) in [6, 6.07) is 6.20. The smallest absolute Gasteiger partial charge is 0.232 e. The maximum absolute atomic E-state index is 5.69. The fourth-order valence-corrected chi connectivity index (χ4v) is 2.45. The number of aryl methyl sites for hydroxylation is 3. The molecule has 23 heavy (non-hydrogen) atoms. The molecule has 0 aliphatic heterocycles. The van der Waals surface area contributed by atoms with Gasteiger partial charge in [0.25, 0.3) is 0 Å². The molecule has 0 N–H and O–H groups in total. The van der Waals surface area contributed by atoms with Gasteiger partial charge in [-0.25, -0.2) is 4.98 Å². The Balaban J connectivity index is 1.46. The lowest BCUT2D eigenvalue weighted by atomic mass is 10.0. The van der Waals surface area contributed by atoms with Crippen LogP contribution in [-0.2, 0) is 19.6 Å². The fourth-order valence-electron chi connectivity index (χ4n) is 2.45. The maximum atomic E-state index is 5.69. The van der Waals surface area contributed by atoms with Crippen molar-refractivity contribution in [2.75, 3.05) is 0 Å². The first kappa shape index (κ1) is 15.3. The van der Waals surface area contributed by atoms with E-state index in [1.54, 1.807) is 18.7 Å². The first-order valence-electron chi connectivity index (χ1n) is 7.76. The van der Waals surface area contributed by atoms with Gasteiger partial charge in [-0.15, -0.1) is 5.10 Å². The topological polar surface area (TPSA) is 66.0 Å². The van der Waals surface area contributed by atoms with Gasteiger partial charge in [-0.2, -0.15) is 0 Å². The van der Waals surface area contributed by atoms with E-state index < -0.39 is 0 Å². The predicted molar refractivity (Wildman–Crippen MR) is 85.0 cm³/mol. The van der Waals surface area contributed by atoms with Crippen LogP contribution in [0.5, 0.6) is 5.75 Å². The summed E-state index contributed by atoms with van der Waals surface area (Å²) in [7, 11) is 0. The molecule has 0 atom stereocenters. The molecule has 0 fully saturated rings. The second kappa shape index (κ2) is 7.58. The highest BCUT2D eigenvalue weighted by molar-refractivity contribution is 5.34. The van der Waals surface area contributed by atoms with Crippen LogP contribution in [0, 0.1) is 6.92 Å². The summed E-state index contributed by atoms with van der Waals surface area (Å²) in [5.41, 5.74) is 2.60. The lowest BCUT2D eigenvalue weighted by molar-refractivity contribution is 0.263. The Bertz CT molecular complexity index is 708. The molecule has 6 heteroatoms. The zero-order chi connectivity index (χ0) is 15.9. The third kappa shape index (κ3) is 4.42. The van der Waals surface area contributed by atoms with Gasteiger partial charge in [-0.1, -0.05) is 11.3 Å². The summed E-state index contributed by atoms with van der Waals surface area (Å²) in [5.74, 6) is 1.42. The van der Waals surface area contributed by atoms with Crippen molar-refractivity contribution < 1.29 is 9.15 Å². The van der Waals surface area contributed by atoms with E-state index in [9.17, 15) is 0 Å². The second-order valence-electron chi connectivity index (χ2n) is 5.43. The third-order valence-corrected chi connectivity index (χ3v) is 3.72. The van der Waals surface area contributed by atoms with E-state index in [1.165, 1.54) is 11.1 Å². The number of ether oxygens (including phenoxy) is 1. The molecule has 0 bridgehead atoms. The molecule has 2 aromatic heterocycles. The van der Waals surface area contributed by atoms with Crippen LogP contribution in [-0.4, -0.2) is 20.0 Å². The van der Waals surface area contributed by atoms with Gasteiger partial charge in [0.15, 0.2) is 6.61 Å². The molecule has 0 spiro atoms. The highest BCUT2D eigenvalue weighted by Crippen LogP contribution is 2.20. The Kier molecular flexibility index (Phi) is 5.03. The third-order valence-electron chi connectivity index (χ3n) is 3.72. The van der Waals surface area contributed by atoms with E-state index in [0.717, 1.165) is 31.6 Å². The van der Waals surface area contributed by atoms with Crippen LogP contribution in [0.3, 0.4) is 0 Å². The summed E-state index contributed by atoms with van der Waals surface area (Å²) in [6.07, 6.45) is 10.0. The predicted octanol–water partition coefficient (Wildman–Crippen LogP) is 3.18. The lowest BCUT2D eigenvalue weighted by Gasteiger charge is -2.09. The second-order valence-corrected chi connectivity index (χ2v) is 5.43. The molecule has 2 heterocycles. The number of benzene rings is 1. The number of oxazole rings is 1. The van der Waals surface area contributed by atoms with Crippen LogP contribution < -0.4 is 4.74 Å². The van der Waals surface area contributed by atoms with E-state index in [0.29, 0.717) is 12.5 Å². The minimum atomic E-state index is 0.351. The van der Waals surface area contributed by atoms with Crippen molar-refractivity contribution in [2.24, 2.45) is 0 Å². The Morgan fingerprint density at radius 2 is 2.17 bits per heavy atom. The molecule has 6 nitrogen and oxygen atoms in total. The molecule has 0 radical (unpaired) electrons. The molecule has 3 aromatic rings. The first-order valence-corrected chi connectivity index (χ1v) is 7.76. The van der Waals surface area contributed by atoms with Gasteiger partial charge in [-0.05, 0) is 49.4 Å². The lowest BCUT2D eigenvalue weighted by Crippen LogP contribution is -2.00. The average Bonchev–Trinajstić information content (AvgIpc) is 3.24. The van der Waals surface area contributed by atoms with E-state index in [4.69, 9.17) is 9.15 Å². The molecule has 0 aliphatic rings. The zero-order valence-electron chi connectivity index (χ0n) is 13.2. The van der Waals surface area contributed by atoms with Crippen molar-refractivity contribution in [1.29, 1.82) is 0 Å². The normalized spacial score (nSPS) is 10.8. The van der Waals surface area contributed by atoms with E-state index in [1.807, 2.05) is 16.9 Å². The van der Waals surface area contributed by atoms with Gasteiger partial charge in [0.1, 0.15) is 12.0 Å². The van der Waals surface area contributed by atoms with Gasteiger partial charge in [-0.3, -0.25) is 4.68 Å². The molecule has 0 unspecified atom stereocenters. The van der Waals surface area contributed by atoms with Gasteiger partial charge < -0.3 is 9.15 Å². The number of hydrogen-bond donors (Lipinski definition) is 0. The molecular formula is C17H20N4O2. The van der Waals surface area contributed by atoms with Crippen molar-refractivity contribution in [3.63, 3.8) is 0 Å². The number of hydrogen-bond acceptors (Lipinski definition) is 5. The summed E-state index contributed by atoms with van der Waals surface area (Å²) in [6.45, 7) is 3.38. The van der Waals surface area contributed by atoms with E-state index in [-0.39, 0.29) is 0 Å². The van der Waals surface area contributed by atoms with Crippen molar-refractivity contribution in [3.05, 3.63) is 60.1 Å². The number of nitrogens with zero attached hydrogens (tertiary/aromatic N) is 4. The Morgan fingerprint density at radius 1 is 1.22 bits per heavy atom. The van der Waals surface area contributed by atoms with Gasteiger partial charge in [0.05, 0.1) is 12.4 Å². The van der Waals surface area contributed by atoms with Crippen molar-refractivity contribution in [2.45, 2.75) is 39.3 Å². The summed E-state index contributed by atoms with van der Waals surface area (Å²) < 4.78 is 12.7. The summed E-state index contributed by atoms with van der Waals surface area (Å²) >= 11 is 0. The number of rotatable bonds is 8. The van der Waals surface area contributed by atoms with Crippen LogP contribution in [0.1, 0.15) is 29.9 Å². The van der Waals surface area contributed by atoms with E-state index in [2.05, 4.69) is 34.4 Å². The van der Waals surface area contributed by atoms with Gasteiger partial charge >= 0.3 is 0 Å². The Morgan fingerprint density at radius 3 is 2.91 bits per heavy atom. The molecule has 0 amide bonds. The number of unbranched alkanes of at least 4 members (excludes halogenated alkanes) is 1. The van der Waals surface area contributed by atoms with E-state index >= 15 is 0 Å². The quantitative estimate of drug-likeness (QED) is 0.598. The molecule has 0 saturated heterocycles. The van der Waals surface area contributed by atoms with Crippen LogP contribution in [0.2, 0.25) is 0 Å². The summed E-state index contributed by atoms with van der Waals surface area (Å²) in [5, 5.41) is 7.78. The van der Waals surface area contributed by atoms with Gasteiger partial charge in [0, 0.05) is 12.7 Å². The van der Waals surface area contributed by atoms with Crippen molar-refractivity contribution in [1.82, 2.24) is 20.0 Å². The first-order chi connectivity index (χ1) is 11.3. The molecule has 120 valence electrons. The minimum absolute atomic E-state index is 0.351. The monoisotopic (exact) mass is 312 g/mol. The average molecular weight is 312 g/mol. The largest absolute Gasteiger partial charge is 0.484 e. The van der Waals surface area contributed by atoms with Crippen LogP contribution in [0.15, 0.2) is 47.5 Å². The highest BCUT2D eigenvalue weighted by atomic mass is 16.5. The molecule has 0 saturated carbocycles. The maximum Gasteiger partial charge on any atom is 0.232 e. The minimum Gasteiger partial charge on any atom is -0.484 e. The van der Waals surface area contributed by atoms with Gasteiger partial charge in [0.2, 0.25) is 5.89 Å². The van der Waals surface area contributed by atoms with Crippen LogP contribution in [0.25, 0.3) is 0 Å². The van der Waals surface area contributed by atoms with Crippen LogP contribution in [0.4, 0.5) is 0 Å². The van der Waals surface area contributed by atoms with Crippen molar-refractivity contribution in [3.8, 4) is 5.75 Å². The molecule has 0 aliphatic carbocycles. The fraction of sp³-hybridized carbons (Fsp3) is 0.353. The Labute approximate surface area is 135 Å². The molecule has 1 aromatic carbocycles. The molecule has 3 rings (SSSR count). The standard InChI is InChI=1S/C17H20N4O2/c1-14-12-16(23-13-17-18-8-11-22-17)6-5-15(14)4-2-3-9-21-10-7-19-20-21/h5-8,10-12H,2-4,9,13H2,1H3. The Hall–Kier alpha value is -2.63. The highest BCUT2D eigenvalue weighted by Gasteiger charge is 2.04. The number of aromatic nitrogens is 4. The van der Waals surface area contributed by atoms with Crippen LogP contribution >= 0.6 is 0 Å². The SMILES string of the molecule is Cc1cc(OCc2ncco2)ccc1CCCCn1ccnn1. The molecular weight excluding hydrogens is 292 g/mol. The summed E-state index contributed by atoms with van der Waals surface area (Å²) in [4.78, 5) is 4.04. The zero-order valence-corrected chi connectivity index (χ0v) is 13.2.